The first-order valence-electron chi connectivity index (χ1n) is 5.66. The average molecular weight is 274 g/mol. The molecule has 0 unspecified atom stereocenters. The number of esters is 1. The van der Waals surface area contributed by atoms with Crippen molar-refractivity contribution in [3.63, 3.8) is 0 Å². The molecule has 2 N–H and O–H groups in total. The van der Waals surface area contributed by atoms with Crippen molar-refractivity contribution in [1.82, 2.24) is 0 Å². The lowest BCUT2D eigenvalue weighted by atomic mass is 10.1. The Kier molecular flexibility index (Phi) is 7.96. The highest BCUT2D eigenvalue weighted by Crippen LogP contribution is 2.22. The van der Waals surface area contributed by atoms with Crippen molar-refractivity contribution >= 4 is 24.1 Å². The molecule has 102 valence electrons. The molecule has 0 fully saturated rings. The molecule has 0 aliphatic carbocycles. The molecule has 1 rings (SSSR count). The predicted molar refractivity (Wildman–Crippen MR) is 74.2 cm³/mol. The van der Waals surface area contributed by atoms with Crippen LogP contribution in [-0.2, 0) is 16.0 Å². The van der Waals surface area contributed by atoms with Crippen LogP contribution in [0.25, 0.3) is 0 Å². The summed E-state index contributed by atoms with van der Waals surface area (Å²) < 4.78 is 9.66. The zero-order valence-electron chi connectivity index (χ0n) is 10.8. The SMILES string of the molecule is COC(=O)CCCCc1ccc(OC)c(N)c1.Cl. The van der Waals surface area contributed by atoms with Crippen LogP contribution in [0.5, 0.6) is 5.75 Å². The molecule has 0 saturated carbocycles. The summed E-state index contributed by atoms with van der Waals surface area (Å²) in [6.45, 7) is 0. The van der Waals surface area contributed by atoms with Gasteiger partial charge in [0.25, 0.3) is 0 Å². The van der Waals surface area contributed by atoms with Gasteiger partial charge in [-0.15, -0.1) is 12.4 Å². The fourth-order valence-corrected chi connectivity index (χ4v) is 1.64. The van der Waals surface area contributed by atoms with Crippen LogP contribution in [-0.4, -0.2) is 20.2 Å². The molecule has 0 aliphatic rings. The van der Waals surface area contributed by atoms with Crippen molar-refractivity contribution in [2.75, 3.05) is 20.0 Å². The molecule has 18 heavy (non-hydrogen) atoms. The third kappa shape index (κ3) is 5.27. The van der Waals surface area contributed by atoms with Crippen molar-refractivity contribution in [2.45, 2.75) is 25.7 Å². The number of aryl methyl sites for hydroxylation is 1. The van der Waals surface area contributed by atoms with Crippen LogP contribution in [0.2, 0.25) is 0 Å². The molecule has 0 heterocycles. The van der Waals surface area contributed by atoms with Gasteiger partial charge in [0.2, 0.25) is 0 Å². The molecule has 1 aromatic carbocycles. The van der Waals surface area contributed by atoms with Gasteiger partial charge in [-0.3, -0.25) is 4.79 Å². The Morgan fingerprint density at radius 1 is 1.28 bits per heavy atom. The van der Waals surface area contributed by atoms with Gasteiger partial charge in [-0.05, 0) is 37.0 Å². The van der Waals surface area contributed by atoms with E-state index in [2.05, 4.69) is 4.74 Å². The van der Waals surface area contributed by atoms with E-state index >= 15 is 0 Å². The van der Waals surface area contributed by atoms with Crippen LogP contribution in [0.1, 0.15) is 24.8 Å². The minimum absolute atomic E-state index is 0. The summed E-state index contributed by atoms with van der Waals surface area (Å²) in [6, 6.07) is 5.77. The summed E-state index contributed by atoms with van der Waals surface area (Å²) in [4.78, 5) is 10.9. The number of ether oxygens (including phenoxy) is 2. The summed E-state index contributed by atoms with van der Waals surface area (Å²) in [6.07, 6.45) is 3.16. The fourth-order valence-electron chi connectivity index (χ4n) is 1.64. The smallest absolute Gasteiger partial charge is 0.305 e. The number of carbonyl (C=O) groups excluding carboxylic acids is 1. The van der Waals surface area contributed by atoms with Crippen molar-refractivity contribution < 1.29 is 14.3 Å². The molecule has 0 bridgehead atoms. The van der Waals surface area contributed by atoms with E-state index in [-0.39, 0.29) is 18.4 Å². The first kappa shape index (κ1) is 16.6. The lowest BCUT2D eigenvalue weighted by Crippen LogP contribution is -2.00. The second-order valence-electron chi connectivity index (χ2n) is 3.86. The second-order valence-corrected chi connectivity index (χ2v) is 3.86. The third-order valence-electron chi connectivity index (χ3n) is 2.62. The van der Waals surface area contributed by atoms with Gasteiger partial charge in [0.1, 0.15) is 5.75 Å². The van der Waals surface area contributed by atoms with Gasteiger partial charge in [0, 0.05) is 6.42 Å². The van der Waals surface area contributed by atoms with Gasteiger partial charge in [0.15, 0.2) is 0 Å². The summed E-state index contributed by atoms with van der Waals surface area (Å²) >= 11 is 0. The van der Waals surface area contributed by atoms with Crippen molar-refractivity contribution in [1.29, 1.82) is 0 Å². The maximum absolute atomic E-state index is 10.9. The molecule has 1 aromatic rings. The second kappa shape index (κ2) is 8.64. The molecule has 0 spiro atoms. The van der Waals surface area contributed by atoms with Crippen molar-refractivity contribution in [3.05, 3.63) is 23.8 Å². The molecular formula is C13H20ClNO3. The zero-order chi connectivity index (χ0) is 12.7. The molecule has 4 nitrogen and oxygen atoms in total. The van der Waals surface area contributed by atoms with Gasteiger partial charge >= 0.3 is 5.97 Å². The Morgan fingerprint density at radius 2 is 2.00 bits per heavy atom. The standard InChI is InChI=1S/C13H19NO3.ClH/c1-16-12-8-7-10(9-11(12)14)5-3-4-6-13(15)17-2;/h7-9H,3-6,14H2,1-2H3;1H. The van der Waals surface area contributed by atoms with Gasteiger partial charge in [-0.25, -0.2) is 0 Å². The van der Waals surface area contributed by atoms with Crippen LogP contribution in [0.4, 0.5) is 5.69 Å². The highest BCUT2D eigenvalue weighted by atomic mass is 35.5. The van der Waals surface area contributed by atoms with Crippen LogP contribution in [0.15, 0.2) is 18.2 Å². The monoisotopic (exact) mass is 273 g/mol. The van der Waals surface area contributed by atoms with E-state index in [1.807, 2.05) is 18.2 Å². The summed E-state index contributed by atoms with van der Waals surface area (Å²) in [5.74, 6) is 0.544. The number of rotatable bonds is 6. The van der Waals surface area contributed by atoms with E-state index in [4.69, 9.17) is 10.5 Å². The van der Waals surface area contributed by atoms with Gasteiger partial charge < -0.3 is 15.2 Å². The number of benzene rings is 1. The molecule has 0 saturated heterocycles. The van der Waals surface area contributed by atoms with E-state index in [0.717, 1.165) is 24.8 Å². The van der Waals surface area contributed by atoms with E-state index in [1.54, 1.807) is 7.11 Å². The minimum Gasteiger partial charge on any atom is -0.495 e. The molecule has 0 atom stereocenters. The van der Waals surface area contributed by atoms with Crippen molar-refractivity contribution in [2.24, 2.45) is 0 Å². The number of methoxy groups -OCH3 is 2. The van der Waals surface area contributed by atoms with E-state index in [9.17, 15) is 4.79 Å². The molecule has 0 aromatic heterocycles. The molecule has 5 heteroatoms. The number of halogens is 1. The topological polar surface area (TPSA) is 61.5 Å². The highest BCUT2D eigenvalue weighted by Gasteiger charge is 2.02. The molecule has 0 radical (unpaired) electrons. The Bertz CT molecular complexity index is 382. The first-order valence-corrected chi connectivity index (χ1v) is 5.66. The van der Waals surface area contributed by atoms with E-state index in [0.29, 0.717) is 17.9 Å². The Morgan fingerprint density at radius 3 is 2.56 bits per heavy atom. The lowest BCUT2D eigenvalue weighted by molar-refractivity contribution is -0.140. The first-order chi connectivity index (χ1) is 8.17. The van der Waals surface area contributed by atoms with Crippen LogP contribution in [0.3, 0.4) is 0 Å². The highest BCUT2D eigenvalue weighted by molar-refractivity contribution is 5.85. The summed E-state index contributed by atoms with van der Waals surface area (Å²) in [7, 11) is 3.01. The number of unbranched alkanes of at least 4 members (excludes halogenated alkanes) is 1. The lowest BCUT2D eigenvalue weighted by Gasteiger charge is -2.07. The fraction of sp³-hybridized carbons (Fsp3) is 0.462. The van der Waals surface area contributed by atoms with Crippen LogP contribution < -0.4 is 10.5 Å². The number of nitrogen functional groups attached to an aromatic ring is 1. The quantitative estimate of drug-likeness (QED) is 0.492. The normalized spacial score (nSPS) is 9.44. The summed E-state index contributed by atoms with van der Waals surface area (Å²) in [5.41, 5.74) is 7.62. The molecular weight excluding hydrogens is 254 g/mol. The van der Waals surface area contributed by atoms with Gasteiger partial charge in [0.05, 0.1) is 19.9 Å². The third-order valence-corrected chi connectivity index (χ3v) is 2.62. The Hall–Kier alpha value is -1.42. The Labute approximate surface area is 114 Å². The zero-order valence-corrected chi connectivity index (χ0v) is 11.6. The number of anilines is 1. The van der Waals surface area contributed by atoms with Crippen molar-refractivity contribution in [3.8, 4) is 5.75 Å². The number of hydrogen-bond acceptors (Lipinski definition) is 4. The maximum atomic E-state index is 10.9. The maximum Gasteiger partial charge on any atom is 0.305 e. The van der Waals surface area contributed by atoms with E-state index in [1.165, 1.54) is 7.11 Å². The van der Waals surface area contributed by atoms with Crippen LogP contribution >= 0.6 is 12.4 Å². The number of carbonyl (C=O) groups is 1. The minimum atomic E-state index is -0.153. The number of nitrogens with two attached hydrogens (primary N) is 1. The Balaban J connectivity index is 0.00000289. The number of hydrogen-bond donors (Lipinski definition) is 1. The van der Waals surface area contributed by atoms with Crippen LogP contribution in [0, 0.1) is 0 Å². The predicted octanol–water partition coefficient (Wildman–Crippen LogP) is 2.59. The van der Waals surface area contributed by atoms with Gasteiger partial charge in [-0.1, -0.05) is 6.07 Å². The molecule has 0 aliphatic heterocycles. The average Bonchev–Trinajstić information content (AvgIpc) is 2.34. The summed E-state index contributed by atoms with van der Waals surface area (Å²) in [5, 5.41) is 0. The van der Waals surface area contributed by atoms with Gasteiger partial charge in [-0.2, -0.15) is 0 Å². The van der Waals surface area contributed by atoms with E-state index < -0.39 is 0 Å². The molecule has 0 amide bonds. The largest absolute Gasteiger partial charge is 0.495 e.